The fourth-order valence-electron chi connectivity index (χ4n) is 0.622. The molecule has 1 aromatic rings. The van der Waals surface area contributed by atoms with E-state index in [1.165, 1.54) is 11.4 Å². The van der Waals surface area contributed by atoms with Gasteiger partial charge in [0, 0.05) is 11.8 Å². The minimum absolute atomic E-state index is 1.06. The Morgan fingerprint density at radius 2 is 2.40 bits per heavy atom. The third-order valence-corrected chi connectivity index (χ3v) is 3.15. The Hall–Kier alpha value is 0.590. The van der Waals surface area contributed by atoms with E-state index in [-0.39, 0.29) is 0 Å². The molecule has 10 heavy (non-hydrogen) atoms. The molecule has 0 spiro atoms. The normalized spacial score (nSPS) is 10.2. The lowest BCUT2D eigenvalue weighted by molar-refractivity contribution is 0.925. The van der Waals surface area contributed by atoms with Gasteiger partial charge in [-0.2, -0.15) is 0 Å². The summed E-state index contributed by atoms with van der Waals surface area (Å²) in [7, 11) is 0. The Balaban J connectivity index is 2.42. The Bertz CT molecular complexity index is 199. The number of nitrogens with zero attached hydrogens (tertiary/aromatic N) is 1. The standard InChI is InChI=1S/C6H7Br2NS/c7-3-1-2-6-9-4-5(8)10-6/h4H,1-3H2. The molecule has 1 nitrogen and oxygen atoms in total. The number of hydrogen-bond donors (Lipinski definition) is 0. The van der Waals surface area contributed by atoms with E-state index in [4.69, 9.17) is 0 Å². The van der Waals surface area contributed by atoms with Crippen molar-refractivity contribution >= 4 is 43.2 Å². The fourth-order valence-corrected chi connectivity index (χ4v) is 2.25. The molecule has 0 fully saturated rings. The quantitative estimate of drug-likeness (QED) is 0.777. The minimum atomic E-state index is 1.06. The van der Waals surface area contributed by atoms with E-state index in [9.17, 15) is 0 Å². The van der Waals surface area contributed by atoms with Crippen molar-refractivity contribution in [2.24, 2.45) is 0 Å². The molecular weight excluding hydrogens is 278 g/mol. The number of alkyl halides is 1. The molecule has 0 unspecified atom stereocenters. The molecule has 0 saturated carbocycles. The van der Waals surface area contributed by atoms with Crippen LogP contribution < -0.4 is 0 Å². The van der Waals surface area contributed by atoms with Crippen molar-refractivity contribution in [3.63, 3.8) is 0 Å². The van der Waals surface area contributed by atoms with Gasteiger partial charge in [-0.3, -0.25) is 0 Å². The van der Waals surface area contributed by atoms with Gasteiger partial charge in [-0.15, -0.1) is 11.3 Å². The monoisotopic (exact) mass is 283 g/mol. The lowest BCUT2D eigenvalue weighted by Crippen LogP contribution is -1.82. The van der Waals surface area contributed by atoms with Gasteiger partial charge in [0.2, 0.25) is 0 Å². The molecule has 0 aromatic carbocycles. The molecule has 4 heteroatoms. The highest BCUT2D eigenvalue weighted by Crippen LogP contribution is 2.19. The van der Waals surface area contributed by atoms with Crippen LogP contribution in [0.25, 0.3) is 0 Å². The Morgan fingerprint density at radius 1 is 1.60 bits per heavy atom. The highest BCUT2D eigenvalue weighted by molar-refractivity contribution is 9.11. The van der Waals surface area contributed by atoms with E-state index in [1.807, 2.05) is 6.20 Å². The lowest BCUT2D eigenvalue weighted by Gasteiger charge is -1.88. The molecule has 0 atom stereocenters. The van der Waals surface area contributed by atoms with E-state index >= 15 is 0 Å². The first kappa shape index (κ1) is 8.68. The fraction of sp³-hybridized carbons (Fsp3) is 0.500. The van der Waals surface area contributed by atoms with Crippen molar-refractivity contribution in [1.82, 2.24) is 4.98 Å². The average molecular weight is 285 g/mol. The van der Waals surface area contributed by atoms with Gasteiger partial charge in [0.05, 0.1) is 15.0 Å². The largest absolute Gasteiger partial charge is 0.248 e. The summed E-state index contributed by atoms with van der Waals surface area (Å²) in [6, 6.07) is 0. The van der Waals surface area contributed by atoms with E-state index in [0.717, 1.165) is 15.5 Å². The zero-order valence-electron chi connectivity index (χ0n) is 5.31. The third kappa shape index (κ3) is 2.68. The van der Waals surface area contributed by atoms with Crippen LogP contribution in [-0.4, -0.2) is 10.3 Å². The van der Waals surface area contributed by atoms with Crippen molar-refractivity contribution < 1.29 is 0 Å². The minimum Gasteiger partial charge on any atom is -0.248 e. The molecule has 0 aliphatic rings. The summed E-state index contributed by atoms with van der Waals surface area (Å²) >= 11 is 8.46. The SMILES string of the molecule is BrCCCc1ncc(Br)s1. The maximum Gasteiger partial charge on any atom is 0.0937 e. The Kier molecular flexibility index (Phi) is 3.88. The molecule has 0 saturated heterocycles. The number of hydrogen-bond acceptors (Lipinski definition) is 2. The van der Waals surface area contributed by atoms with E-state index in [2.05, 4.69) is 36.8 Å². The molecule has 0 aliphatic carbocycles. The molecule has 56 valence electrons. The van der Waals surface area contributed by atoms with Gasteiger partial charge in [-0.1, -0.05) is 15.9 Å². The van der Waals surface area contributed by atoms with Crippen molar-refractivity contribution in [1.29, 1.82) is 0 Å². The molecule has 0 bridgehead atoms. The van der Waals surface area contributed by atoms with E-state index in [0.29, 0.717) is 0 Å². The molecule has 1 rings (SSSR count). The molecule has 0 amide bonds. The van der Waals surface area contributed by atoms with Crippen LogP contribution in [0.3, 0.4) is 0 Å². The lowest BCUT2D eigenvalue weighted by atomic mass is 10.4. The summed E-state index contributed by atoms with van der Waals surface area (Å²) in [6.07, 6.45) is 4.11. The molecule has 0 aliphatic heterocycles. The predicted molar refractivity (Wildman–Crippen MR) is 51.9 cm³/mol. The van der Waals surface area contributed by atoms with Gasteiger partial charge in [-0.25, -0.2) is 4.98 Å². The number of thiazole rings is 1. The van der Waals surface area contributed by atoms with Crippen molar-refractivity contribution in [3.05, 3.63) is 15.0 Å². The molecule has 1 heterocycles. The van der Waals surface area contributed by atoms with Gasteiger partial charge in [0.1, 0.15) is 0 Å². The third-order valence-electron chi connectivity index (χ3n) is 1.05. The maximum atomic E-state index is 4.20. The second kappa shape index (κ2) is 4.46. The number of rotatable bonds is 3. The van der Waals surface area contributed by atoms with Crippen LogP contribution in [0, 0.1) is 0 Å². The summed E-state index contributed by atoms with van der Waals surface area (Å²) in [4.78, 5) is 4.20. The Morgan fingerprint density at radius 3 is 2.90 bits per heavy atom. The van der Waals surface area contributed by atoms with Crippen LogP contribution in [0.5, 0.6) is 0 Å². The molecule has 0 N–H and O–H groups in total. The summed E-state index contributed by atoms with van der Waals surface area (Å²) in [5.74, 6) is 0. The van der Waals surface area contributed by atoms with Crippen molar-refractivity contribution in [2.45, 2.75) is 12.8 Å². The van der Waals surface area contributed by atoms with Crippen LogP contribution in [-0.2, 0) is 6.42 Å². The van der Waals surface area contributed by atoms with Crippen LogP contribution in [0.2, 0.25) is 0 Å². The topological polar surface area (TPSA) is 12.9 Å². The summed E-state index contributed by atoms with van der Waals surface area (Å²) in [6.45, 7) is 0. The van der Waals surface area contributed by atoms with Crippen molar-refractivity contribution in [3.8, 4) is 0 Å². The van der Waals surface area contributed by atoms with Crippen LogP contribution in [0.15, 0.2) is 9.98 Å². The van der Waals surface area contributed by atoms with Crippen LogP contribution in [0.4, 0.5) is 0 Å². The Labute approximate surface area is 81.1 Å². The highest BCUT2D eigenvalue weighted by atomic mass is 79.9. The van der Waals surface area contributed by atoms with Crippen LogP contribution in [0.1, 0.15) is 11.4 Å². The second-order valence-corrected chi connectivity index (χ2v) is 5.14. The van der Waals surface area contributed by atoms with Gasteiger partial charge in [-0.05, 0) is 22.4 Å². The predicted octanol–water partition coefficient (Wildman–Crippen LogP) is 3.23. The second-order valence-electron chi connectivity index (χ2n) is 1.85. The molecular formula is C6H7Br2NS. The first-order chi connectivity index (χ1) is 4.83. The first-order valence-electron chi connectivity index (χ1n) is 2.99. The summed E-state index contributed by atoms with van der Waals surface area (Å²) < 4.78 is 1.12. The molecule has 0 radical (unpaired) electrons. The molecule has 1 aromatic heterocycles. The smallest absolute Gasteiger partial charge is 0.0937 e. The summed E-state index contributed by atoms with van der Waals surface area (Å²) in [5, 5.41) is 2.27. The van der Waals surface area contributed by atoms with Gasteiger partial charge in [0.15, 0.2) is 0 Å². The van der Waals surface area contributed by atoms with Crippen LogP contribution >= 0.6 is 43.2 Å². The maximum absolute atomic E-state index is 4.20. The number of aryl methyl sites for hydroxylation is 1. The van der Waals surface area contributed by atoms with E-state index in [1.54, 1.807) is 11.3 Å². The highest BCUT2D eigenvalue weighted by Gasteiger charge is 1.97. The van der Waals surface area contributed by atoms with Gasteiger partial charge >= 0.3 is 0 Å². The zero-order chi connectivity index (χ0) is 7.40. The van der Waals surface area contributed by atoms with Crippen molar-refractivity contribution in [2.75, 3.05) is 5.33 Å². The number of aromatic nitrogens is 1. The first-order valence-corrected chi connectivity index (χ1v) is 5.72. The number of halogens is 2. The van der Waals surface area contributed by atoms with E-state index < -0.39 is 0 Å². The van der Waals surface area contributed by atoms with Gasteiger partial charge in [0.25, 0.3) is 0 Å². The zero-order valence-corrected chi connectivity index (χ0v) is 9.30. The summed E-state index contributed by atoms with van der Waals surface area (Å²) in [5.41, 5.74) is 0. The van der Waals surface area contributed by atoms with Gasteiger partial charge < -0.3 is 0 Å². The average Bonchev–Trinajstić information content (AvgIpc) is 2.31.